The van der Waals surface area contributed by atoms with Crippen molar-refractivity contribution in [1.29, 1.82) is 0 Å². The zero-order valence-electron chi connectivity index (χ0n) is 15.1. The summed E-state index contributed by atoms with van der Waals surface area (Å²) in [7, 11) is 0. The Balaban J connectivity index is 1.23. The molecule has 1 aromatic carbocycles. The van der Waals surface area contributed by atoms with Crippen molar-refractivity contribution in [3.63, 3.8) is 0 Å². The quantitative estimate of drug-likeness (QED) is 0.709. The molecule has 0 spiro atoms. The number of aromatic amines is 1. The standard InChI is InChI=1S/C20H25N5O/c1-14-2-4-15(5-3-14)10-11-26-17-8-6-16(7-9-17)24-19-18-12-23-25-20(18)22-13-21-19/h2-5,12-13,16-17H,6-11H2,1H3,(H2,21,22,23,24,25)/t16-,17-. The fraction of sp³-hybridized carbons (Fsp3) is 0.450. The molecular weight excluding hydrogens is 326 g/mol. The first-order chi connectivity index (χ1) is 12.8. The molecule has 0 unspecified atom stereocenters. The van der Waals surface area contributed by atoms with Crippen LogP contribution in [0.5, 0.6) is 0 Å². The fourth-order valence-corrected chi connectivity index (χ4v) is 3.55. The summed E-state index contributed by atoms with van der Waals surface area (Å²) >= 11 is 0. The van der Waals surface area contributed by atoms with E-state index in [0.29, 0.717) is 12.1 Å². The molecule has 1 aliphatic rings. The minimum atomic E-state index is 0.373. The summed E-state index contributed by atoms with van der Waals surface area (Å²) in [5, 5.41) is 11.4. The molecular formula is C20H25N5O. The molecule has 3 aromatic rings. The first kappa shape index (κ1) is 17.0. The number of anilines is 1. The molecule has 26 heavy (non-hydrogen) atoms. The third kappa shape index (κ3) is 4.02. The molecule has 1 fully saturated rings. The van der Waals surface area contributed by atoms with Crippen LogP contribution in [-0.4, -0.2) is 38.9 Å². The SMILES string of the molecule is Cc1ccc(CCO[C@H]2CC[C@H](Nc3ncnc4[nH]ncc34)CC2)cc1. The van der Waals surface area contributed by atoms with Gasteiger partial charge in [-0.2, -0.15) is 5.10 Å². The number of aromatic nitrogens is 4. The van der Waals surface area contributed by atoms with Crippen molar-refractivity contribution >= 4 is 16.9 Å². The van der Waals surface area contributed by atoms with Gasteiger partial charge in [0.25, 0.3) is 0 Å². The minimum absolute atomic E-state index is 0.373. The highest BCUT2D eigenvalue weighted by atomic mass is 16.5. The predicted octanol–water partition coefficient (Wildman–Crippen LogP) is 3.64. The van der Waals surface area contributed by atoms with E-state index in [4.69, 9.17) is 4.74 Å². The van der Waals surface area contributed by atoms with Gasteiger partial charge < -0.3 is 10.1 Å². The number of nitrogens with zero attached hydrogens (tertiary/aromatic N) is 3. The zero-order valence-corrected chi connectivity index (χ0v) is 15.1. The van der Waals surface area contributed by atoms with Gasteiger partial charge in [0.2, 0.25) is 0 Å². The van der Waals surface area contributed by atoms with Crippen molar-refractivity contribution in [2.75, 3.05) is 11.9 Å². The molecule has 0 bridgehead atoms. The van der Waals surface area contributed by atoms with Crippen molar-refractivity contribution in [3.8, 4) is 0 Å². The van der Waals surface area contributed by atoms with Crippen LogP contribution < -0.4 is 5.32 Å². The van der Waals surface area contributed by atoms with E-state index >= 15 is 0 Å². The number of hydrogen-bond acceptors (Lipinski definition) is 5. The van der Waals surface area contributed by atoms with E-state index in [2.05, 4.69) is 56.7 Å². The molecule has 1 saturated carbocycles. The first-order valence-electron chi connectivity index (χ1n) is 9.36. The van der Waals surface area contributed by atoms with Crippen LogP contribution in [0.15, 0.2) is 36.8 Å². The Morgan fingerprint density at radius 2 is 1.92 bits per heavy atom. The Morgan fingerprint density at radius 3 is 2.73 bits per heavy atom. The Bertz CT molecular complexity index is 837. The molecule has 0 radical (unpaired) electrons. The number of benzene rings is 1. The normalized spacial score (nSPS) is 20.3. The van der Waals surface area contributed by atoms with Crippen molar-refractivity contribution in [2.45, 2.75) is 51.2 Å². The van der Waals surface area contributed by atoms with Crippen LogP contribution in [0.3, 0.4) is 0 Å². The summed E-state index contributed by atoms with van der Waals surface area (Å²) in [6, 6.07) is 9.14. The second-order valence-corrected chi connectivity index (χ2v) is 7.08. The van der Waals surface area contributed by atoms with Gasteiger partial charge in [-0.3, -0.25) is 5.10 Å². The van der Waals surface area contributed by atoms with E-state index in [9.17, 15) is 0 Å². The topological polar surface area (TPSA) is 75.7 Å². The predicted molar refractivity (Wildman–Crippen MR) is 102 cm³/mol. The summed E-state index contributed by atoms with van der Waals surface area (Å²) < 4.78 is 6.11. The Hall–Kier alpha value is -2.47. The van der Waals surface area contributed by atoms with Crippen molar-refractivity contribution < 1.29 is 4.74 Å². The molecule has 1 aliphatic carbocycles. The lowest BCUT2D eigenvalue weighted by Crippen LogP contribution is -2.30. The molecule has 2 N–H and O–H groups in total. The van der Waals surface area contributed by atoms with Gasteiger partial charge in [-0.25, -0.2) is 9.97 Å². The molecule has 4 rings (SSSR count). The summed E-state index contributed by atoms with van der Waals surface area (Å²) in [4.78, 5) is 8.55. The molecule has 2 aromatic heterocycles. The monoisotopic (exact) mass is 351 g/mol. The van der Waals surface area contributed by atoms with Crippen LogP contribution in [0, 0.1) is 6.92 Å². The van der Waals surface area contributed by atoms with Gasteiger partial charge in [-0.05, 0) is 44.6 Å². The van der Waals surface area contributed by atoms with Crippen LogP contribution in [-0.2, 0) is 11.2 Å². The smallest absolute Gasteiger partial charge is 0.160 e. The van der Waals surface area contributed by atoms with E-state index in [0.717, 1.165) is 55.6 Å². The third-order valence-corrected chi connectivity index (χ3v) is 5.13. The summed E-state index contributed by atoms with van der Waals surface area (Å²) in [6.45, 7) is 2.92. The number of aryl methyl sites for hydroxylation is 1. The van der Waals surface area contributed by atoms with Crippen LogP contribution in [0.1, 0.15) is 36.8 Å². The van der Waals surface area contributed by atoms with Gasteiger partial charge in [0.05, 0.1) is 24.3 Å². The Labute approximate surface area is 153 Å². The number of H-pyrrole nitrogens is 1. The molecule has 0 amide bonds. The van der Waals surface area contributed by atoms with E-state index in [1.54, 1.807) is 12.5 Å². The summed E-state index contributed by atoms with van der Waals surface area (Å²) in [6.07, 6.45) is 9.07. The van der Waals surface area contributed by atoms with Crippen LogP contribution >= 0.6 is 0 Å². The van der Waals surface area contributed by atoms with Gasteiger partial charge in [0, 0.05) is 6.04 Å². The molecule has 6 heteroatoms. The maximum absolute atomic E-state index is 6.11. The lowest BCUT2D eigenvalue weighted by atomic mass is 9.93. The van der Waals surface area contributed by atoms with Crippen LogP contribution in [0.2, 0.25) is 0 Å². The van der Waals surface area contributed by atoms with Crippen molar-refractivity contribution in [2.24, 2.45) is 0 Å². The number of nitrogens with one attached hydrogen (secondary N) is 2. The second kappa shape index (κ2) is 7.83. The number of hydrogen-bond donors (Lipinski definition) is 2. The van der Waals surface area contributed by atoms with Gasteiger partial charge in [0.15, 0.2) is 5.65 Å². The average Bonchev–Trinajstić information content (AvgIpc) is 3.15. The molecule has 136 valence electrons. The number of rotatable bonds is 6. The highest BCUT2D eigenvalue weighted by Crippen LogP contribution is 2.26. The summed E-state index contributed by atoms with van der Waals surface area (Å²) in [5.74, 6) is 0.868. The lowest BCUT2D eigenvalue weighted by molar-refractivity contribution is 0.0282. The maximum atomic E-state index is 6.11. The second-order valence-electron chi connectivity index (χ2n) is 7.08. The van der Waals surface area contributed by atoms with E-state index in [1.165, 1.54) is 11.1 Å². The van der Waals surface area contributed by atoms with E-state index in [-0.39, 0.29) is 0 Å². The molecule has 6 nitrogen and oxygen atoms in total. The van der Waals surface area contributed by atoms with Crippen molar-refractivity contribution in [3.05, 3.63) is 47.9 Å². The number of fused-ring (bicyclic) bond motifs is 1. The molecule has 0 atom stereocenters. The van der Waals surface area contributed by atoms with Crippen LogP contribution in [0.4, 0.5) is 5.82 Å². The third-order valence-electron chi connectivity index (χ3n) is 5.13. The minimum Gasteiger partial charge on any atom is -0.378 e. The van der Waals surface area contributed by atoms with Gasteiger partial charge in [0.1, 0.15) is 12.1 Å². The average molecular weight is 351 g/mol. The van der Waals surface area contributed by atoms with E-state index in [1.807, 2.05) is 0 Å². The zero-order chi connectivity index (χ0) is 17.8. The van der Waals surface area contributed by atoms with E-state index < -0.39 is 0 Å². The maximum Gasteiger partial charge on any atom is 0.160 e. The highest BCUT2D eigenvalue weighted by molar-refractivity contribution is 5.85. The van der Waals surface area contributed by atoms with Crippen LogP contribution in [0.25, 0.3) is 11.0 Å². The molecule has 0 aliphatic heterocycles. The first-order valence-corrected chi connectivity index (χ1v) is 9.36. The van der Waals surface area contributed by atoms with Gasteiger partial charge in [-0.1, -0.05) is 29.8 Å². The summed E-state index contributed by atoms with van der Waals surface area (Å²) in [5.41, 5.74) is 3.42. The Morgan fingerprint density at radius 1 is 1.12 bits per heavy atom. The van der Waals surface area contributed by atoms with Crippen molar-refractivity contribution in [1.82, 2.24) is 20.2 Å². The molecule has 2 heterocycles. The Kier molecular flexibility index (Phi) is 5.11. The van der Waals surface area contributed by atoms with Gasteiger partial charge in [-0.15, -0.1) is 0 Å². The van der Waals surface area contributed by atoms with Gasteiger partial charge >= 0.3 is 0 Å². The number of ether oxygens (including phenoxy) is 1. The highest BCUT2D eigenvalue weighted by Gasteiger charge is 2.22. The molecule has 0 saturated heterocycles. The largest absolute Gasteiger partial charge is 0.378 e. The fourth-order valence-electron chi connectivity index (χ4n) is 3.55. The lowest BCUT2D eigenvalue weighted by Gasteiger charge is -2.29.